The van der Waals surface area contributed by atoms with Gasteiger partial charge in [-0.25, -0.2) is 0 Å². The number of oxazole rings is 1. The summed E-state index contributed by atoms with van der Waals surface area (Å²) in [6.45, 7) is 1.91. The van der Waals surface area contributed by atoms with Gasteiger partial charge in [0.15, 0.2) is 5.58 Å². The Bertz CT molecular complexity index is 1260. The van der Waals surface area contributed by atoms with Gasteiger partial charge < -0.3 is 15.5 Å². The molecular weight excluding hydrogens is 395 g/mol. The normalized spacial score (nSPS) is 11.6. The van der Waals surface area contributed by atoms with Crippen molar-refractivity contribution >= 4 is 28.7 Å². The maximum atomic E-state index is 12.9. The zero-order valence-electron chi connectivity index (χ0n) is 15.7. The minimum atomic E-state index is -4.52. The summed E-state index contributed by atoms with van der Waals surface area (Å²) < 4.78 is 44.0. The van der Waals surface area contributed by atoms with Crippen LogP contribution in [0.1, 0.15) is 21.5 Å². The van der Waals surface area contributed by atoms with E-state index in [-0.39, 0.29) is 11.6 Å². The van der Waals surface area contributed by atoms with E-state index in [9.17, 15) is 18.0 Å². The number of carbonyl (C=O) groups excluding carboxylic acids is 1. The molecule has 0 fully saturated rings. The Morgan fingerprint density at radius 1 is 1.07 bits per heavy atom. The van der Waals surface area contributed by atoms with Crippen molar-refractivity contribution in [1.29, 1.82) is 0 Å². The third-order valence-corrected chi connectivity index (χ3v) is 4.66. The number of halogens is 3. The van der Waals surface area contributed by atoms with Crippen molar-refractivity contribution < 1.29 is 22.4 Å². The third kappa shape index (κ3) is 3.84. The van der Waals surface area contributed by atoms with Crippen molar-refractivity contribution in [2.75, 3.05) is 11.1 Å². The molecule has 4 rings (SSSR count). The first kappa shape index (κ1) is 19.5. The number of nitrogens with zero attached hydrogens (tertiary/aromatic N) is 1. The third-order valence-electron chi connectivity index (χ3n) is 4.66. The van der Waals surface area contributed by atoms with Crippen molar-refractivity contribution in [3.63, 3.8) is 0 Å². The highest BCUT2D eigenvalue weighted by Gasteiger charge is 2.30. The van der Waals surface area contributed by atoms with Crippen molar-refractivity contribution in [2.24, 2.45) is 0 Å². The lowest BCUT2D eigenvalue weighted by Gasteiger charge is -2.12. The fourth-order valence-corrected chi connectivity index (χ4v) is 3.16. The highest BCUT2D eigenvalue weighted by Crippen LogP contribution is 2.31. The predicted molar refractivity (Wildman–Crippen MR) is 108 cm³/mol. The van der Waals surface area contributed by atoms with Crippen LogP contribution < -0.4 is 11.1 Å². The summed E-state index contributed by atoms with van der Waals surface area (Å²) in [6.07, 6.45) is -4.52. The highest BCUT2D eigenvalue weighted by molar-refractivity contribution is 6.04. The zero-order valence-corrected chi connectivity index (χ0v) is 15.7. The van der Waals surface area contributed by atoms with E-state index in [1.54, 1.807) is 18.2 Å². The number of nitrogens with two attached hydrogens (primary N) is 1. The number of nitrogens with one attached hydrogen (secondary N) is 1. The second kappa shape index (κ2) is 7.22. The molecule has 0 unspecified atom stereocenters. The molecule has 0 saturated carbocycles. The first-order valence-electron chi connectivity index (χ1n) is 8.96. The van der Waals surface area contributed by atoms with Gasteiger partial charge in [0.2, 0.25) is 0 Å². The van der Waals surface area contributed by atoms with Crippen LogP contribution >= 0.6 is 0 Å². The number of hydrogen-bond donors (Lipinski definition) is 2. The van der Waals surface area contributed by atoms with E-state index in [4.69, 9.17) is 10.2 Å². The standard InChI is InChI=1S/C22H16F3N3O2/c1-12-5-7-16(27-20(29)14-3-2-4-15(9-14)22(23,24)25)11-17(12)13-6-8-19-18(10-13)28-21(26)30-19/h2-11H,1H3,(H2,26,28)(H,27,29). The SMILES string of the molecule is Cc1ccc(NC(=O)c2cccc(C(F)(F)F)c2)cc1-c1ccc2oc(N)nc2c1. The molecule has 5 nitrogen and oxygen atoms in total. The fourth-order valence-electron chi connectivity index (χ4n) is 3.16. The molecule has 0 bridgehead atoms. The molecule has 0 atom stereocenters. The number of aryl methyl sites for hydroxylation is 1. The molecule has 0 aliphatic rings. The van der Waals surface area contributed by atoms with E-state index in [1.807, 2.05) is 25.1 Å². The molecule has 8 heteroatoms. The number of benzene rings is 3. The zero-order chi connectivity index (χ0) is 21.5. The van der Waals surface area contributed by atoms with Crippen LogP contribution in [0.5, 0.6) is 0 Å². The van der Waals surface area contributed by atoms with Gasteiger partial charge in [-0.3, -0.25) is 4.79 Å². The minimum Gasteiger partial charge on any atom is -0.424 e. The topological polar surface area (TPSA) is 81.2 Å². The molecule has 1 heterocycles. The van der Waals surface area contributed by atoms with Crippen LogP contribution in [0.4, 0.5) is 24.9 Å². The average molecular weight is 411 g/mol. The van der Waals surface area contributed by atoms with Gasteiger partial charge in [-0.15, -0.1) is 0 Å². The molecule has 152 valence electrons. The molecule has 4 aromatic rings. The molecule has 30 heavy (non-hydrogen) atoms. The number of nitrogen functional groups attached to an aromatic ring is 1. The summed E-state index contributed by atoms with van der Waals surface area (Å²) in [6, 6.07) is 15.0. The van der Waals surface area contributed by atoms with Crippen LogP contribution in [0.2, 0.25) is 0 Å². The predicted octanol–water partition coefficient (Wildman–Crippen LogP) is 5.66. The van der Waals surface area contributed by atoms with E-state index in [0.717, 1.165) is 28.8 Å². The van der Waals surface area contributed by atoms with E-state index in [1.165, 1.54) is 12.1 Å². The number of carbonyl (C=O) groups is 1. The maximum absolute atomic E-state index is 12.9. The molecule has 1 aromatic heterocycles. The summed E-state index contributed by atoms with van der Waals surface area (Å²) in [5.74, 6) is -0.629. The number of anilines is 2. The van der Waals surface area contributed by atoms with Crippen LogP contribution in [0, 0.1) is 6.92 Å². The second-order valence-corrected chi connectivity index (χ2v) is 6.80. The largest absolute Gasteiger partial charge is 0.424 e. The van der Waals surface area contributed by atoms with E-state index >= 15 is 0 Å². The van der Waals surface area contributed by atoms with Crippen LogP contribution in [-0.2, 0) is 6.18 Å². The number of hydrogen-bond acceptors (Lipinski definition) is 4. The molecular formula is C22H16F3N3O2. The molecule has 3 N–H and O–H groups in total. The molecule has 3 aromatic carbocycles. The number of fused-ring (bicyclic) bond motifs is 1. The average Bonchev–Trinajstić information content (AvgIpc) is 3.08. The van der Waals surface area contributed by atoms with Crippen molar-refractivity contribution in [3.8, 4) is 11.1 Å². The van der Waals surface area contributed by atoms with Gasteiger partial charge in [0.05, 0.1) is 5.56 Å². The van der Waals surface area contributed by atoms with Crippen LogP contribution in [0.25, 0.3) is 22.2 Å². The lowest BCUT2D eigenvalue weighted by atomic mass is 9.99. The van der Waals surface area contributed by atoms with Crippen molar-refractivity contribution in [1.82, 2.24) is 4.98 Å². The first-order valence-corrected chi connectivity index (χ1v) is 8.96. The van der Waals surface area contributed by atoms with Crippen molar-refractivity contribution in [3.05, 3.63) is 77.4 Å². The Hall–Kier alpha value is -3.81. The van der Waals surface area contributed by atoms with Crippen LogP contribution in [0.15, 0.2) is 65.1 Å². The first-order chi connectivity index (χ1) is 14.2. The summed E-state index contributed by atoms with van der Waals surface area (Å²) >= 11 is 0. The summed E-state index contributed by atoms with van der Waals surface area (Å²) in [7, 11) is 0. The Labute approximate surface area is 169 Å². The lowest BCUT2D eigenvalue weighted by Crippen LogP contribution is -2.14. The van der Waals surface area contributed by atoms with Gasteiger partial charge >= 0.3 is 6.18 Å². The molecule has 0 aliphatic heterocycles. The summed E-state index contributed by atoms with van der Waals surface area (Å²) in [5, 5.41) is 2.66. The molecule has 0 aliphatic carbocycles. The van der Waals surface area contributed by atoms with Crippen LogP contribution in [-0.4, -0.2) is 10.9 Å². The van der Waals surface area contributed by atoms with E-state index in [2.05, 4.69) is 10.3 Å². The Balaban J connectivity index is 1.64. The Morgan fingerprint density at radius 2 is 1.87 bits per heavy atom. The maximum Gasteiger partial charge on any atom is 0.416 e. The molecule has 0 spiro atoms. The van der Waals surface area contributed by atoms with Gasteiger partial charge in [-0.1, -0.05) is 18.2 Å². The lowest BCUT2D eigenvalue weighted by molar-refractivity contribution is -0.137. The summed E-state index contributed by atoms with van der Waals surface area (Å²) in [5.41, 5.74) is 8.86. The van der Waals surface area contributed by atoms with Gasteiger partial charge in [-0.2, -0.15) is 18.2 Å². The monoisotopic (exact) mass is 411 g/mol. The number of aromatic nitrogens is 1. The molecule has 0 saturated heterocycles. The Kier molecular flexibility index (Phi) is 4.69. The van der Waals surface area contributed by atoms with Gasteiger partial charge in [-0.05, 0) is 66.1 Å². The van der Waals surface area contributed by atoms with E-state index < -0.39 is 17.6 Å². The summed E-state index contributed by atoms with van der Waals surface area (Å²) in [4.78, 5) is 16.6. The number of amides is 1. The van der Waals surface area contributed by atoms with Crippen molar-refractivity contribution in [2.45, 2.75) is 13.1 Å². The molecule has 0 radical (unpaired) electrons. The molecule has 1 amide bonds. The smallest absolute Gasteiger partial charge is 0.416 e. The highest BCUT2D eigenvalue weighted by atomic mass is 19.4. The number of rotatable bonds is 3. The van der Waals surface area contributed by atoms with Gasteiger partial charge in [0.1, 0.15) is 5.52 Å². The van der Waals surface area contributed by atoms with Gasteiger partial charge in [0.25, 0.3) is 11.9 Å². The Morgan fingerprint density at radius 3 is 2.63 bits per heavy atom. The number of alkyl halides is 3. The second-order valence-electron chi connectivity index (χ2n) is 6.80. The minimum absolute atomic E-state index is 0.0703. The van der Waals surface area contributed by atoms with Gasteiger partial charge in [0, 0.05) is 11.3 Å². The van der Waals surface area contributed by atoms with E-state index in [0.29, 0.717) is 16.8 Å². The fraction of sp³-hybridized carbons (Fsp3) is 0.0909. The van der Waals surface area contributed by atoms with Crippen LogP contribution in [0.3, 0.4) is 0 Å². The quantitative estimate of drug-likeness (QED) is 0.456.